The van der Waals surface area contributed by atoms with Crippen molar-refractivity contribution in [3.63, 3.8) is 0 Å². The van der Waals surface area contributed by atoms with E-state index >= 15 is 0 Å². The third kappa shape index (κ3) is 3.60. The van der Waals surface area contributed by atoms with Crippen molar-refractivity contribution in [2.45, 2.75) is 71.6 Å². The molecule has 4 atom stereocenters. The van der Waals surface area contributed by atoms with Gasteiger partial charge in [-0.25, -0.2) is 0 Å². The minimum Gasteiger partial charge on any atom is -0.348 e. The number of nitrogens with one attached hydrogen (secondary N) is 1. The minimum atomic E-state index is 0.0185. The molecule has 2 nitrogen and oxygen atoms in total. The van der Waals surface area contributed by atoms with Gasteiger partial charge in [0.15, 0.2) is 0 Å². The number of H-pyrrole nitrogens is 1. The molecule has 1 saturated carbocycles. The summed E-state index contributed by atoms with van der Waals surface area (Å²) in [6.45, 7) is 9.68. The molecule has 0 amide bonds. The average Bonchev–Trinajstić information content (AvgIpc) is 3.33. The van der Waals surface area contributed by atoms with Crippen LogP contribution in [0.2, 0.25) is 0 Å². The Labute approximate surface area is 207 Å². The fourth-order valence-electron chi connectivity index (χ4n) is 7.27. The van der Waals surface area contributed by atoms with E-state index in [2.05, 4.69) is 74.5 Å². The third-order valence-electron chi connectivity index (χ3n) is 9.13. The zero-order valence-corrected chi connectivity index (χ0v) is 21.8. The lowest BCUT2D eigenvalue weighted by atomic mass is 9.46. The summed E-state index contributed by atoms with van der Waals surface area (Å²) in [6, 6.07) is 8.77. The molecule has 3 aliphatic carbocycles. The average molecular weight is 475 g/mol. The highest BCUT2D eigenvalue weighted by molar-refractivity contribution is 7.71. The number of hydrogen-bond acceptors (Lipinski definition) is 3. The third-order valence-corrected chi connectivity index (χ3v) is 10.3. The van der Waals surface area contributed by atoms with Crippen molar-refractivity contribution in [3.8, 4) is 16.5 Å². The number of fused-ring (bicyclic) bond motifs is 3. The molecule has 0 bridgehead atoms. The molecule has 0 spiro atoms. The molecule has 4 unspecified atom stereocenters. The first-order valence-electron chi connectivity index (χ1n) is 12.4. The van der Waals surface area contributed by atoms with Gasteiger partial charge in [0.2, 0.25) is 0 Å². The van der Waals surface area contributed by atoms with E-state index in [4.69, 9.17) is 12.2 Å². The van der Waals surface area contributed by atoms with Crippen LogP contribution in [-0.2, 0) is 5.41 Å². The van der Waals surface area contributed by atoms with Crippen molar-refractivity contribution in [2.24, 2.45) is 23.2 Å². The summed E-state index contributed by atoms with van der Waals surface area (Å²) in [5, 5.41) is 11.9. The predicted molar refractivity (Wildman–Crippen MR) is 141 cm³/mol. The van der Waals surface area contributed by atoms with Crippen LogP contribution in [0.1, 0.15) is 77.5 Å². The monoisotopic (exact) mass is 474 g/mol. The van der Waals surface area contributed by atoms with Crippen LogP contribution in [0.5, 0.6) is 0 Å². The van der Waals surface area contributed by atoms with E-state index in [0.29, 0.717) is 33.4 Å². The number of nitriles is 1. The van der Waals surface area contributed by atoms with E-state index in [1.165, 1.54) is 31.4 Å². The summed E-state index contributed by atoms with van der Waals surface area (Å²) >= 11 is 7.41. The Balaban J connectivity index is 1.61. The Bertz CT molecular complexity index is 1220. The number of hydrogen-bond donors (Lipinski definition) is 1. The van der Waals surface area contributed by atoms with Gasteiger partial charge in [-0.1, -0.05) is 70.1 Å². The second-order valence-electron chi connectivity index (χ2n) is 11.1. The lowest BCUT2D eigenvalue weighted by molar-refractivity contribution is -0.0105. The highest BCUT2D eigenvalue weighted by atomic mass is 32.1. The zero-order chi connectivity index (χ0) is 23.4. The molecular formula is C29H34N2S2. The van der Waals surface area contributed by atoms with Gasteiger partial charge < -0.3 is 4.98 Å². The number of rotatable bonds is 3. The molecule has 33 heavy (non-hydrogen) atoms. The van der Waals surface area contributed by atoms with Crippen molar-refractivity contribution < 1.29 is 0 Å². The normalized spacial score (nSPS) is 31.3. The van der Waals surface area contributed by atoms with E-state index < -0.39 is 0 Å². The summed E-state index contributed by atoms with van der Waals surface area (Å²) in [4.78, 5) is 4.67. The first-order valence-corrected chi connectivity index (χ1v) is 13.7. The summed E-state index contributed by atoms with van der Waals surface area (Å²) in [5.41, 5.74) is 6.34. The van der Waals surface area contributed by atoms with Crippen molar-refractivity contribution in [1.82, 2.24) is 4.98 Å². The zero-order valence-electron chi connectivity index (χ0n) is 20.2. The number of aromatic nitrogens is 1. The van der Waals surface area contributed by atoms with Crippen LogP contribution in [0.3, 0.4) is 0 Å². The molecule has 2 aromatic rings. The molecule has 2 aromatic heterocycles. The quantitative estimate of drug-likeness (QED) is 0.452. The lowest BCUT2D eigenvalue weighted by Crippen LogP contribution is -2.52. The second-order valence-corrected chi connectivity index (χ2v) is 12.5. The molecule has 172 valence electrons. The maximum absolute atomic E-state index is 9.84. The summed E-state index contributed by atoms with van der Waals surface area (Å²) in [6.07, 6.45) is 12.4. The Morgan fingerprint density at radius 3 is 2.79 bits per heavy atom. The van der Waals surface area contributed by atoms with E-state index in [1.54, 1.807) is 22.5 Å². The van der Waals surface area contributed by atoms with Gasteiger partial charge in [0.05, 0.1) is 5.56 Å². The van der Waals surface area contributed by atoms with Crippen LogP contribution < -0.4 is 0 Å². The summed E-state index contributed by atoms with van der Waals surface area (Å²) in [7, 11) is 0. The smallest absolute Gasteiger partial charge is 0.122 e. The van der Waals surface area contributed by atoms with Gasteiger partial charge in [0, 0.05) is 21.5 Å². The van der Waals surface area contributed by atoms with Crippen molar-refractivity contribution in [3.05, 3.63) is 62.8 Å². The molecule has 3 aliphatic rings. The van der Waals surface area contributed by atoms with Gasteiger partial charge in [-0.05, 0) is 78.4 Å². The SMILES string of the molecule is CC(C)C1=CC2=CCC3C(C)(c4cc(-c5cccs5)c(C#N)c(=S)[nH]4)CCCC3(C)C2CC1. The maximum Gasteiger partial charge on any atom is 0.122 e. The van der Waals surface area contributed by atoms with Crippen molar-refractivity contribution in [2.75, 3.05) is 0 Å². The Hall–Kier alpha value is -1.96. The largest absolute Gasteiger partial charge is 0.348 e. The topological polar surface area (TPSA) is 39.6 Å². The number of pyridine rings is 1. The molecule has 0 saturated heterocycles. The van der Waals surface area contributed by atoms with Crippen molar-refractivity contribution >= 4 is 23.6 Å². The van der Waals surface area contributed by atoms with Gasteiger partial charge in [-0.2, -0.15) is 5.26 Å². The second kappa shape index (κ2) is 8.36. The Morgan fingerprint density at radius 2 is 2.09 bits per heavy atom. The van der Waals surface area contributed by atoms with Gasteiger partial charge in [-0.3, -0.25) is 0 Å². The van der Waals surface area contributed by atoms with Crippen LogP contribution in [-0.4, -0.2) is 4.98 Å². The highest BCUT2D eigenvalue weighted by Crippen LogP contribution is 2.62. The fraction of sp³-hybridized carbons (Fsp3) is 0.517. The molecular weight excluding hydrogens is 440 g/mol. The first-order chi connectivity index (χ1) is 15.8. The number of nitrogens with zero attached hydrogens (tertiary/aromatic N) is 1. The number of thiophene rings is 1. The van der Waals surface area contributed by atoms with Crippen LogP contribution in [0.15, 0.2) is 46.9 Å². The van der Waals surface area contributed by atoms with E-state index in [9.17, 15) is 5.26 Å². The fourth-order valence-corrected chi connectivity index (χ4v) is 8.29. The number of allylic oxidation sites excluding steroid dienone is 4. The molecule has 1 N–H and O–H groups in total. The van der Waals surface area contributed by atoms with Crippen LogP contribution in [0, 0.1) is 39.1 Å². The van der Waals surface area contributed by atoms with E-state index in [-0.39, 0.29) is 5.41 Å². The molecule has 4 heteroatoms. The minimum absolute atomic E-state index is 0.0185. The highest BCUT2D eigenvalue weighted by Gasteiger charge is 2.55. The van der Waals surface area contributed by atoms with Gasteiger partial charge >= 0.3 is 0 Å². The summed E-state index contributed by atoms with van der Waals surface area (Å²) < 4.78 is 0.584. The van der Waals surface area contributed by atoms with Crippen LogP contribution >= 0.6 is 23.6 Å². The number of aromatic amines is 1. The standard InChI is InChI=1S/C29H34N2S2/c1-18(2)19-8-10-23-20(15-19)9-11-25-28(23,3)12-6-13-29(25,4)26-16-21(24-7-5-14-33-24)22(17-30)27(32)31-26/h5,7,9,14-16,18,23,25H,6,8,10-13H2,1-4H3,(H,31,32). The van der Waals surface area contributed by atoms with Gasteiger partial charge in [0.1, 0.15) is 10.7 Å². The predicted octanol–water partition coefficient (Wildman–Crippen LogP) is 8.73. The summed E-state index contributed by atoms with van der Waals surface area (Å²) in [5.74, 6) is 1.86. The van der Waals surface area contributed by atoms with E-state index in [1.807, 2.05) is 0 Å². The first kappa shape index (κ1) is 22.8. The van der Waals surface area contributed by atoms with Gasteiger partial charge in [-0.15, -0.1) is 11.3 Å². The van der Waals surface area contributed by atoms with Crippen molar-refractivity contribution in [1.29, 1.82) is 5.26 Å². The Morgan fingerprint density at radius 1 is 1.27 bits per heavy atom. The maximum atomic E-state index is 9.84. The molecule has 2 heterocycles. The Kier molecular flexibility index (Phi) is 5.78. The lowest BCUT2D eigenvalue weighted by Gasteiger charge is -2.58. The molecule has 0 aromatic carbocycles. The van der Waals surface area contributed by atoms with Crippen LogP contribution in [0.4, 0.5) is 0 Å². The van der Waals surface area contributed by atoms with Crippen LogP contribution in [0.25, 0.3) is 10.4 Å². The molecule has 5 rings (SSSR count). The molecule has 0 aliphatic heterocycles. The molecule has 0 radical (unpaired) electrons. The molecule has 1 fully saturated rings. The van der Waals surface area contributed by atoms with E-state index in [0.717, 1.165) is 23.3 Å². The van der Waals surface area contributed by atoms with Gasteiger partial charge in [0.25, 0.3) is 0 Å².